The van der Waals surface area contributed by atoms with Crippen LogP contribution in [-0.4, -0.2) is 31.4 Å². The monoisotopic (exact) mass is 311 g/mol. The Kier molecular flexibility index (Phi) is 4.02. The van der Waals surface area contributed by atoms with Crippen LogP contribution in [0.15, 0.2) is 48.5 Å². The number of benzene rings is 2. The molecule has 0 radical (unpaired) electrons. The van der Waals surface area contributed by atoms with Gasteiger partial charge in [0.15, 0.2) is 11.9 Å². The van der Waals surface area contributed by atoms with Crippen LogP contribution in [-0.2, 0) is 4.79 Å². The SMILES string of the molecule is COc1cccc(C(=O)CN2C(=O)[C@H](C)Oc3ccccc32)c1. The molecule has 0 saturated heterocycles. The highest BCUT2D eigenvalue weighted by atomic mass is 16.5. The lowest BCUT2D eigenvalue weighted by Crippen LogP contribution is -2.46. The van der Waals surface area contributed by atoms with Crippen molar-refractivity contribution >= 4 is 17.4 Å². The van der Waals surface area contributed by atoms with Gasteiger partial charge in [-0.3, -0.25) is 14.5 Å². The Bertz CT molecular complexity index is 756. The second kappa shape index (κ2) is 6.12. The average molecular weight is 311 g/mol. The quantitative estimate of drug-likeness (QED) is 0.815. The fourth-order valence-corrected chi connectivity index (χ4v) is 2.55. The zero-order chi connectivity index (χ0) is 16.4. The first-order valence-electron chi connectivity index (χ1n) is 7.34. The Hall–Kier alpha value is -2.82. The topological polar surface area (TPSA) is 55.8 Å². The van der Waals surface area contributed by atoms with Gasteiger partial charge >= 0.3 is 0 Å². The van der Waals surface area contributed by atoms with Gasteiger partial charge < -0.3 is 9.47 Å². The van der Waals surface area contributed by atoms with Crippen LogP contribution < -0.4 is 14.4 Å². The Morgan fingerprint density at radius 3 is 2.78 bits per heavy atom. The van der Waals surface area contributed by atoms with Crippen molar-refractivity contribution in [3.63, 3.8) is 0 Å². The van der Waals surface area contributed by atoms with Crippen LogP contribution in [0.2, 0.25) is 0 Å². The number of nitrogens with zero attached hydrogens (tertiary/aromatic N) is 1. The van der Waals surface area contributed by atoms with Gasteiger partial charge in [0.2, 0.25) is 0 Å². The summed E-state index contributed by atoms with van der Waals surface area (Å²) < 4.78 is 10.7. The first kappa shape index (κ1) is 15.1. The summed E-state index contributed by atoms with van der Waals surface area (Å²) in [6.45, 7) is 1.65. The van der Waals surface area contributed by atoms with Gasteiger partial charge in [0.05, 0.1) is 19.3 Å². The van der Waals surface area contributed by atoms with E-state index in [0.29, 0.717) is 22.7 Å². The van der Waals surface area contributed by atoms with Crippen molar-refractivity contribution in [1.82, 2.24) is 0 Å². The highest BCUT2D eigenvalue weighted by Gasteiger charge is 2.32. The molecule has 5 nitrogen and oxygen atoms in total. The summed E-state index contributed by atoms with van der Waals surface area (Å²) in [5.74, 6) is 0.845. The van der Waals surface area contributed by atoms with Crippen LogP contribution in [0.25, 0.3) is 0 Å². The summed E-state index contributed by atoms with van der Waals surface area (Å²) in [6.07, 6.45) is -0.608. The van der Waals surface area contributed by atoms with Gasteiger partial charge in [-0.25, -0.2) is 0 Å². The zero-order valence-corrected chi connectivity index (χ0v) is 13.0. The molecular weight excluding hydrogens is 294 g/mol. The molecule has 0 N–H and O–H groups in total. The Balaban J connectivity index is 1.89. The van der Waals surface area contributed by atoms with E-state index >= 15 is 0 Å². The molecular formula is C18H17NO4. The fourth-order valence-electron chi connectivity index (χ4n) is 2.55. The predicted molar refractivity (Wildman–Crippen MR) is 86.2 cm³/mol. The number of methoxy groups -OCH3 is 1. The molecule has 23 heavy (non-hydrogen) atoms. The molecule has 3 rings (SSSR count). The predicted octanol–water partition coefficient (Wildman–Crippen LogP) is 2.69. The van der Waals surface area contributed by atoms with Crippen LogP contribution in [0.3, 0.4) is 0 Å². The molecule has 1 amide bonds. The third kappa shape index (κ3) is 2.90. The molecule has 1 heterocycles. The second-order valence-electron chi connectivity index (χ2n) is 5.31. The number of Topliss-reactive ketones (excluding diaryl/α,β-unsaturated/α-hetero) is 1. The van der Waals surface area contributed by atoms with Gasteiger partial charge in [-0.2, -0.15) is 0 Å². The largest absolute Gasteiger partial charge is 0.497 e. The van der Waals surface area contributed by atoms with E-state index in [-0.39, 0.29) is 18.2 Å². The number of fused-ring (bicyclic) bond motifs is 1. The molecule has 2 aromatic rings. The molecule has 0 fully saturated rings. The van der Waals surface area contributed by atoms with Crippen LogP contribution in [0, 0.1) is 0 Å². The van der Waals surface area contributed by atoms with E-state index in [2.05, 4.69) is 0 Å². The van der Waals surface area contributed by atoms with Gasteiger partial charge in [-0.1, -0.05) is 24.3 Å². The molecule has 0 saturated carbocycles. The molecule has 0 spiro atoms. The molecule has 0 bridgehead atoms. The maximum absolute atomic E-state index is 12.6. The fraction of sp³-hybridized carbons (Fsp3) is 0.222. The van der Waals surface area contributed by atoms with Crippen LogP contribution in [0.1, 0.15) is 17.3 Å². The Labute approximate surface area is 134 Å². The lowest BCUT2D eigenvalue weighted by Gasteiger charge is -2.32. The maximum atomic E-state index is 12.6. The molecule has 2 aromatic carbocycles. The number of para-hydroxylation sites is 2. The molecule has 5 heteroatoms. The van der Waals surface area contributed by atoms with E-state index in [0.717, 1.165) is 0 Å². The van der Waals surface area contributed by atoms with E-state index in [1.165, 1.54) is 4.90 Å². The maximum Gasteiger partial charge on any atom is 0.268 e. The summed E-state index contributed by atoms with van der Waals surface area (Å²) >= 11 is 0. The van der Waals surface area contributed by atoms with E-state index in [1.54, 1.807) is 50.4 Å². The highest BCUT2D eigenvalue weighted by Crippen LogP contribution is 2.33. The number of carbonyl (C=O) groups excluding carboxylic acids is 2. The first-order chi connectivity index (χ1) is 11.1. The van der Waals surface area contributed by atoms with Crippen molar-refractivity contribution in [3.05, 3.63) is 54.1 Å². The lowest BCUT2D eigenvalue weighted by molar-refractivity contribution is -0.125. The third-order valence-electron chi connectivity index (χ3n) is 3.77. The Morgan fingerprint density at radius 1 is 1.22 bits per heavy atom. The molecule has 1 atom stereocenters. The summed E-state index contributed by atoms with van der Waals surface area (Å²) in [5, 5.41) is 0. The number of amides is 1. The van der Waals surface area contributed by atoms with Gasteiger partial charge in [0.1, 0.15) is 11.5 Å². The summed E-state index contributed by atoms with van der Waals surface area (Å²) in [7, 11) is 1.55. The van der Waals surface area contributed by atoms with Gasteiger partial charge in [0, 0.05) is 5.56 Å². The summed E-state index contributed by atoms with van der Waals surface area (Å²) in [5.41, 5.74) is 1.13. The second-order valence-corrected chi connectivity index (χ2v) is 5.31. The molecule has 0 aromatic heterocycles. The van der Waals surface area contributed by atoms with E-state index in [9.17, 15) is 9.59 Å². The van der Waals surface area contributed by atoms with Crippen molar-refractivity contribution in [2.75, 3.05) is 18.6 Å². The zero-order valence-electron chi connectivity index (χ0n) is 13.0. The standard InChI is InChI=1S/C18H17NO4/c1-12-18(21)19(15-8-3-4-9-17(15)23-12)11-16(20)13-6-5-7-14(10-13)22-2/h3-10,12H,11H2,1-2H3/t12-/m0/s1. The smallest absolute Gasteiger partial charge is 0.268 e. The van der Waals surface area contributed by atoms with Gasteiger partial charge in [-0.15, -0.1) is 0 Å². The van der Waals surface area contributed by atoms with Crippen molar-refractivity contribution in [2.45, 2.75) is 13.0 Å². The normalized spacial score (nSPS) is 16.5. The Morgan fingerprint density at radius 2 is 2.00 bits per heavy atom. The first-order valence-corrected chi connectivity index (χ1v) is 7.34. The molecule has 0 unspecified atom stereocenters. The summed E-state index contributed by atoms with van der Waals surface area (Å²) in [6, 6.07) is 14.1. The van der Waals surface area contributed by atoms with Crippen LogP contribution >= 0.6 is 0 Å². The molecule has 0 aliphatic carbocycles. The number of anilines is 1. The van der Waals surface area contributed by atoms with Crippen molar-refractivity contribution in [1.29, 1.82) is 0 Å². The minimum Gasteiger partial charge on any atom is -0.497 e. The number of rotatable bonds is 4. The lowest BCUT2D eigenvalue weighted by atomic mass is 10.1. The van der Waals surface area contributed by atoms with Crippen molar-refractivity contribution in [3.8, 4) is 11.5 Å². The average Bonchev–Trinajstić information content (AvgIpc) is 2.58. The van der Waals surface area contributed by atoms with E-state index in [4.69, 9.17) is 9.47 Å². The molecule has 118 valence electrons. The number of hydrogen-bond acceptors (Lipinski definition) is 4. The van der Waals surface area contributed by atoms with Crippen LogP contribution in [0.4, 0.5) is 5.69 Å². The highest BCUT2D eigenvalue weighted by molar-refractivity contribution is 6.08. The number of carbonyl (C=O) groups is 2. The summed E-state index contributed by atoms with van der Waals surface area (Å²) in [4.78, 5) is 26.4. The number of ketones is 1. The van der Waals surface area contributed by atoms with Crippen LogP contribution in [0.5, 0.6) is 11.5 Å². The minimum absolute atomic E-state index is 0.0310. The minimum atomic E-state index is -0.608. The molecule has 1 aliphatic rings. The number of hydrogen-bond donors (Lipinski definition) is 0. The van der Waals surface area contributed by atoms with Gasteiger partial charge in [-0.05, 0) is 31.2 Å². The van der Waals surface area contributed by atoms with Crippen molar-refractivity contribution in [2.24, 2.45) is 0 Å². The number of ether oxygens (including phenoxy) is 2. The third-order valence-corrected chi connectivity index (χ3v) is 3.77. The van der Waals surface area contributed by atoms with Crippen molar-refractivity contribution < 1.29 is 19.1 Å². The van der Waals surface area contributed by atoms with E-state index < -0.39 is 6.10 Å². The molecule has 1 aliphatic heterocycles. The van der Waals surface area contributed by atoms with E-state index in [1.807, 2.05) is 12.1 Å². The van der Waals surface area contributed by atoms with Gasteiger partial charge in [0.25, 0.3) is 5.91 Å².